The zero-order chi connectivity index (χ0) is 14.0. The Bertz CT molecular complexity index is 517. The molecule has 0 saturated heterocycles. The highest BCUT2D eigenvalue weighted by Crippen LogP contribution is 2.32. The summed E-state index contributed by atoms with van der Waals surface area (Å²) in [7, 11) is -2.49. The Hall–Kier alpha value is -1.36. The lowest BCUT2D eigenvalue weighted by molar-refractivity contribution is -0.142. The molecule has 0 bridgehead atoms. The monoisotopic (exact) mass is 270 g/mol. The molecule has 4 nitrogen and oxygen atoms in total. The molecule has 100 valence electrons. The molecule has 0 aromatic heterocycles. The van der Waals surface area contributed by atoms with Crippen molar-refractivity contribution in [3.8, 4) is 0 Å². The summed E-state index contributed by atoms with van der Waals surface area (Å²) in [5, 5.41) is -0.757. The van der Waals surface area contributed by atoms with Crippen molar-refractivity contribution in [1.82, 2.24) is 0 Å². The van der Waals surface area contributed by atoms with Crippen molar-refractivity contribution >= 4 is 15.8 Å². The summed E-state index contributed by atoms with van der Waals surface area (Å²) in [5.74, 6) is -0.745. The molecule has 0 aliphatic carbocycles. The lowest BCUT2D eigenvalue weighted by Crippen LogP contribution is -2.43. The summed E-state index contributed by atoms with van der Waals surface area (Å²) < 4.78 is 27.9. The van der Waals surface area contributed by atoms with E-state index in [9.17, 15) is 13.2 Å². The molecule has 0 saturated carbocycles. The van der Waals surface area contributed by atoms with E-state index in [4.69, 9.17) is 0 Å². The number of carbonyl (C=O) groups is 1. The first kappa shape index (κ1) is 14.7. The molecule has 0 aliphatic heterocycles. The van der Waals surface area contributed by atoms with Crippen LogP contribution in [0.2, 0.25) is 0 Å². The van der Waals surface area contributed by atoms with Gasteiger partial charge in [-0.3, -0.25) is 4.79 Å². The summed E-state index contributed by atoms with van der Waals surface area (Å²) in [6, 6.07) is 8.82. The second-order valence-corrected chi connectivity index (χ2v) is 7.42. The fraction of sp³-hybridized carbons (Fsp3) is 0.462. The Morgan fingerprint density at radius 2 is 1.72 bits per heavy atom. The molecule has 0 amide bonds. The van der Waals surface area contributed by atoms with Gasteiger partial charge in [-0.1, -0.05) is 30.3 Å². The lowest BCUT2D eigenvalue weighted by Gasteiger charge is -2.26. The van der Waals surface area contributed by atoms with E-state index in [-0.39, 0.29) is 0 Å². The molecule has 0 spiro atoms. The second-order valence-electron chi connectivity index (χ2n) is 4.60. The standard InChI is InChI=1S/C13H18O4S/c1-10(11-8-6-5-7-9-11)18(15,16)13(2,3)12(14)17-4/h5-10H,1-4H3. The van der Waals surface area contributed by atoms with Crippen molar-refractivity contribution in [2.45, 2.75) is 30.8 Å². The smallest absolute Gasteiger partial charge is 0.326 e. The van der Waals surface area contributed by atoms with Crippen molar-refractivity contribution in [2.75, 3.05) is 7.11 Å². The highest BCUT2D eigenvalue weighted by molar-refractivity contribution is 7.93. The van der Waals surface area contributed by atoms with Crippen LogP contribution in [-0.4, -0.2) is 26.2 Å². The van der Waals surface area contributed by atoms with Gasteiger partial charge in [-0.15, -0.1) is 0 Å². The SMILES string of the molecule is COC(=O)C(C)(C)S(=O)(=O)C(C)c1ccccc1. The Morgan fingerprint density at radius 1 is 1.22 bits per heavy atom. The van der Waals surface area contributed by atoms with Crippen LogP contribution >= 0.6 is 0 Å². The van der Waals surface area contributed by atoms with Gasteiger partial charge in [0.2, 0.25) is 0 Å². The molecule has 0 N–H and O–H groups in total. The predicted octanol–water partition coefficient (Wildman–Crippen LogP) is 2.11. The topological polar surface area (TPSA) is 60.4 Å². The number of sulfone groups is 1. The molecule has 1 rings (SSSR count). The van der Waals surface area contributed by atoms with Crippen molar-refractivity contribution in [1.29, 1.82) is 0 Å². The van der Waals surface area contributed by atoms with Gasteiger partial charge in [0.15, 0.2) is 14.6 Å². The number of benzene rings is 1. The molecule has 1 atom stereocenters. The van der Waals surface area contributed by atoms with Gasteiger partial charge in [0, 0.05) is 0 Å². The third-order valence-corrected chi connectivity index (χ3v) is 5.92. The van der Waals surface area contributed by atoms with E-state index >= 15 is 0 Å². The maximum atomic E-state index is 12.5. The van der Waals surface area contributed by atoms with E-state index in [2.05, 4.69) is 4.74 Å². The minimum atomic E-state index is -3.68. The highest BCUT2D eigenvalue weighted by Gasteiger charge is 2.46. The predicted molar refractivity (Wildman–Crippen MR) is 69.9 cm³/mol. The van der Waals surface area contributed by atoms with Crippen LogP contribution in [0.25, 0.3) is 0 Å². The van der Waals surface area contributed by atoms with Crippen molar-refractivity contribution in [3.05, 3.63) is 35.9 Å². The third kappa shape index (κ3) is 2.41. The summed E-state index contributed by atoms with van der Waals surface area (Å²) in [6.45, 7) is 4.32. The van der Waals surface area contributed by atoms with Gasteiger partial charge >= 0.3 is 5.97 Å². The van der Waals surface area contributed by atoms with Gasteiger partial charge in [-0.2, -0.15) is 0 Å². The van der Waals surface area contributed by atoms with Crippen LogP contribution in [0.15, 0.2) is 30.3 Å². The van der Waals surface area contributed by atoms with Crippen molar-refractivity contribution in [2.24, 2.45) is 0 Å². The Morgan fingerprint density at radius 3 is 2.17 bits per heavy atom. The van der Waals surface area contributed by atoms with Crippen LogP contribution in [0.3, 0.4) is 0 Å². The fourth-order valence-corrected chi connectivity index (χ4v) is 3.42. The molecule has 1 aromatic rings. The van der Waals surface area contributed by atoms with E-state index in [1.54, 1.807) is 31.2 Å². The second kappa shape index (κ2) is 5.10. The van der Waals surface area contributed by atoms with E-state index in [0.717, 1.165) is 0 Å². The molecule has 0 fully saturated rings. The van der Waals surface area contributed by atoms with Gasteiger partial charge < -0.3 is 4.74 Å². The maximum absolute atomic E-state index is 12.5. The highest BCUT2D eigenvalue weighted by atomic mass is 32.2. The van der Waals surface area contributed by atoms with Crippen LogP contribution in [0.5, 0.6) is 0 Å². The third-order valence-electron chi connectivity index (χ3n) is 3.12. The van der Waals surface area contributed by atoms with Crippen LogP contribution in [0, 0.1) is 0 Å². The van der Waals surface area contributed by atoms with Gasteiger partial charge in [0.05, 0.1) is 12.4 Å². The average Bonchev–Trinajstić information content (AvgIpc) is 2.37. The molecule has 1 unspecified atom stereocenters. The first-order valence-corrected chi connectivity index (χ1v) is 7.16. The van der Waals surface area contributed by atoms with Gasteiger partial charge in [0.1, 0.15) is 0 Å². The number of ether oxygens (including phenoxy) is 1. The number of esters is 1. The molecular weight excluding hydrogens is 252 g/mol. The molecule has 1 aromatic carbocycles. The fourth-order valence-electron chi connectivity index (χ4n) is 1.71. The van der Waals surface area contributed by atoms with E-state index in [1.165, 1.54) is 21.0 Å². The zero-order valence-electron chi connectivity index (χ0n) is 11.0. The Balaban J connectivity index is 3.19. The molecular formula is C13H18O4S. The van der Waals surface area contributed by atoms with Crippen LogP contribution in [-0.2, 0) is 19.4 Å². The normalized spacial score (nSPS) is 14.0. The van der Waals surface area contributed by atoms with E-state index in [1.807, 2.05) is 6.07 Å². The minimum Gasteiger partial charge on any atom is -0.468 e. The van der Waals surface area contributed by atoms with Crippen LogP contribution in [0.4, 0.5) is 0 Å². The average molecular weight is 270 g/mol. The van der Waals surface area contributed by atoms with Crippen LogP contribution < -0.4 is 0 Å². The molecule has 18 heavy (non-hydrogen) atoms. The Labute approximate surface area is 108 Å². The summed E-state index contributed by atoms with van der Waals surface area (Å²) >= 11 is 0. The number of hydrogen-bond donors (Lipinski definition) is 0. The summed E-state index contributed by atoms with van der Waals surface area (Å²) in [4.78, 5) is 11.6. The quantitative estimate of drug-likeness (QED) is 0.786. The first-order valence-electron chi connectivity index (χ1n) is 5.62. The van der Waals surface area contributed by atoms with Crippen LogP contribution in [0.1, 0.15) is 31.6 Å². The van der Waals surface area contributed by atoms with Crippen molar-refractivity contribution in [3.63, 3.8) is 0 Å². The van der Waals surface area contributed by atoms with E-state index in [0.29, 0.717) is 5.56 Å². The lowest BCUT2D eigenvalue weighted by atomic mass is 10.2. The minimum absolute atomic E-state index is 0.662. The molecule has 0 heterocycles. The number of hydrogen-bond acceptors (Lipinski definition) is 4. The first-order chi connectivity index (χ1) is 8.25. The zero-order valence-corrected chi connectivity index (χ0v) is 11.8. The number of methoxy groups -OCH3 is 1. The molecule has 5 heteroatoms. The Kier molecular flexibility index (Phi) is 4.16. The summed E-state index contributed by atoms with van der Waals surface area (Å²) in [5.41, 5.74) is 0.662. The van der Waals surface area contributed by atoms with Crippen molar-refractivity contribution < 1.29 is 17.9 Å². The van der Waals surface area contributed by atoms with E-state index < -0.39 is 25.8 Å². The number of carbonyl (C=O) groups excluding carboxylic acids is 1. The largest absolute Gasteiger partial charge is 0.468 e. The summed E-state index contributed by atoms with van der Waals surface area (Å²) in [6.07, 6.45) is 0. The molecule has 0 aliphatic rings. The number of rotatable bonds is 4. The van der Waals surface area contributed by atoms with Gasteiger partial charge in [-0.05, 0) is 26.3 Å². The maximum Gasteiger partial charge on any atom is 0.326 e. The molecule has 0 radical (unpaired) electrons. The van der Waals surface area contributed by atoms with Gasteiger partial charge in [0.25, 0.3) is 0 Å². The van der Waals surface area contributed by atoms with Gasteiger partial charge in [-0.25, -0.2) is 8.42 Å².